The van der Waals surface area contributed by atoms with Gasteiger partial charge in [-0.3, -0.25) is 9.78 Å². The maximum atomic E-state index is 12.3. The Labute approximate surface area is 120 Å². The molecule has 0 saturated carbocycles. The molecule has 0 unspecified atom stereocenters. The highest BCUT2D eigenvalue weighted by Gasteiger charge is 2.11. The number of amides is 1. The molecule has 98 valence electrons. The molecule has 1 N–H and O–H groups in total. The Kier molecular flexibility index (Phi) is 3.31. The molecule has 0 aliphatic rings. The highest BCUT2D eigenvalue weighted by atomic mass is 35.5. The zero-order valence-electron chi connectivity index (χ0n) is 10.4. The van der Waals surface area contributed by atoms with E-state index in [0.717, 1.165) is 10.8 Å². The van der Waals surface area contributed by atoms with Crippen molar-refractivity contribution in [1.29, 1.82) is 0 Å². The Balaban J connectivity index is 1.97. The zero-order valence-corrected chi connectivity index (χ0v) is 11.1. The van der Waals surface area contributed by atoms with Crippen molar-refractivity contribution in [3.63, 3.8) is 0 Å². The molecule has 2 heterocycles. The number of nitrogens with one attached hydrogen (secondary N) is 1. The highest BCUT2D eigenvalue weighted by Crippen LogP contribution is 2.18. The van der Waals surface area contributed by atoms with Gasteiger partial charge in [0.1, 0.15) is 10.8 Å². The first-order chi connectivity index (χ1) is 9.74. The normalized spacial score (nSPS) is 10.4. The predicted molar refractivity (Wildman–Crippen MR) is 78.9 cm³/mol. The van der Waals surface area contributed by atoms with Crippen molar-refractivity contribution in [2.75, 3.05) is 5.32 Å². The van der Waals surface area contributed by atoms with Crippen LogP contribution in [-0.4, -0.2) is 15.9 Å². The molecule has 4 nitrogen and oxygen atoms in total. The molecule has 0 atom stereocenters. The number of halogens is 1. The van der Waals surface area contributed by atoms with Crippen LogP contribution in [0.15, 0.2) is 54.9 Å². The van der Waals surface area contributed by atoms with E-state index < -0.39 is 0 Å². The number of anilines is 1. The van der Waals surface area contributed by atoms with Gasteiger partial charge in [0.15, 0.2) is 0 Å². The lowest BCUT2D eigenvalue weighted by Gasteiger charge is -2.07. The third-order valence-electron chi connectivity index (χ3n) is 2.87. The van der Waals surface area contributed by atoms with Gasteiger partial charge < -0.3 is 5.32 Å². The number of benzene rings is 1. The molecule has 3 aromatic rings. The lowest BCUT2D eigenvalue weighted by molar-refractivity contribution is 0.102. The monoisotopic (exact) mass is 283 g/mol. The molecule has 3 rings (SSSR count). The summed E-state index contributed by atoms with van der Waals surface area (Å²) in [5.41, 5.74) is 0.973. The zero-order chi connectivity index (χ0) is 13.9. The van der Waals surface area contributed by atoms with Gasteiger partial charge in [-0.05, 0) is 23.6 Å². The topological polar surface area (TPSA) is 54.9 Å². The van der Waals surface area contributed by atoms with Crippen LogP contribution in [0, 0.1) is 0 Å². The van der Waals surface area contributed by atoms with E-state index in [1.54, 1.807) is 18.3 Å². The van der Waals surface area contributed by atoms with E-state index in [9.17, 15) is 4.79 Å². The molecule has 0 saturated heterocycles. The number of carbonyl (C=O) groups excluding carboxylic acids is 1. The first-order valence-corrected chi connectivity index (χ1v) is 6.38. The number of aromatic nitrogens is 2. The SMILES string of the molecule is O=C(Nc1ccnc(Cl)c1)c1nccc2ccccc12. The molecule has 1 amide bonds. The van der Waals surface area contributed by atoms with Gasteiger partial charge in [-0.2, -0.15) is 0 Å². The summed E-state index contributed by atoms with van der Waals surface area (Å²) in [6.45, 7) is 0. The van der Waals surface area contributed by atoms with Gasteiger partial charge in [0.25, 0.3) is 5.91 Å². The second-order valence-corrected chi connectivity index (χ2v) is 4.59. The van der Waals surface area contributed by atoms with Gasteiger partial charge in [-0.1, -0.05) is 35.9 Å². The molecule has 2 aromatic heterocycles. The third-order valence-corrected chi connectivity index (χ3v) is 3.08. The van der Waals surface area contributed by atoms with E-state index in [0.29, 0.717) is 16.5 Å². The summed E-state index contributed by atoms with van der Waals surface area (Å²) in [4.78, 5) is 20.3. The second kappa shape index (κ2) is 5.27. The first-order valence-electron chi connectivity index (χ1n) is 6.01. The van der Waals surface area contributed by atoms with Crippen LogP contribution in [0.3, 0.4) is 0 Å². The van der Waals surface area contributed by atoms with Crippen LogP contribution < -0.4 is 5.32 Å². The summed E-state index contributed by atoms with van der Waals surface area (Å²) in [6.07, 6.45) is 3.16. The second-order valence-electron chi connectivity index (χ2n) is 4.20. The van der Waals surface area contributed by atoms with Crippen molar-refractivity contribution in [2.24, 2.45) is 0 Å². The van der Waals surface area contributed by atoms with Gasteiger partial charge in [-0.15, -0.1) is 0 Å². The van der Waals surface area contributed by atoms with Crippen LogP contribution in [-0.2, 0) is 0 Å². The molecule has 0 aliphatic carbocycles. The minimum absolute atomic E-state index is 0.274. The first kappa shape index (κ1) is 12.6. The van der Waals surface area contributed by atoms with Crippen LogP contribution in [0.1, 0.15) is 10.5 Å². The molecule has 0 fully saturated rings. The fourth-order valence-electron chi connectivity index (χ4n) is 1.97. The highest BCUT2D eigenvalue weighted by molar-refractivity contribution is 6.29. The Hall–Kier alpha value is -2.46. The average Bonchev–Trinajstić information content (AvgIpc) is 2.46. The van der Waals surface area contributed by atoms with E-state index in [2.05, 4.69) is 15.3 Å². The van der Waals surface area contributed by atoms with Crippen molar-refractivity contribution in [3.05, 3.63) is 65.7 Å². The lowest BCUT2D eigenvalue weighted by atomic mass is 10.1. The standard InChI is InChI=1S/C15H10ClN3O/c16-13-9-11(6-8-17-13)19-15(20)14-12-4-2-1-3-10(12)5-7-18-14/h1-9H,(H,17,19,20). The Morgan fingerprint density at radius 2 is 1.85 bits per heavy atom. The van der Waals surface area contributed by atoms with E-state index in [4.69, 9.17) is 11.6 Å². The van der Waals surface area contributed by atoms with E-state index in [1.165, 1.54) is 6.20 Å². The average molecular weight is 284 g/mol. The summed E-state index contributed by atoms with van der Waals surface area (Å²) in [6, 6.07) is 12.7. The smallest absolute Gasteiger partial charge is 0.274 e. The van der Waals surface area contributed by atoms with Crippen LogP contribution in [0.4, 0.5) is 5.69 Å². The van der Waals surface area contributed by atoms with Crippen LogP contribution in [0.5, 0.6) is 0 Å². The van der Waals surface area contributed by atoms with Crippen molar-refractivity contribution in [2.45, 2.75) is 0 Å². The molecular formula is C15H10ClN3O. The molecule has 5 heteroatoms. The largest absolute Gasteiger partial charge is 0.320 e. The summed E-state index contributed by atoms with van der Waals surface area (Å²) in [5.74, 6) is -0.274. The molecule has 0 aliphatic heterocycles. The molecule has 0 radical (unpaired) electrons. The number of pyridine rings is 2. The Bertz CT molecular complexity index is 783. The Morgan fingerprint density at radius 3 is 2.70 bits per heavy atom. The number of hydrogen-bond donors (Lipinski definition) is 1. The Morgan fingerprint density at radius 1 is 1.05 bits per heavy atom. The van der Waals surface area contributed by atoms with Crippen molar-refractivity contribution < 1.29 is 4.79 Å². The number of hydrogen-bond acceptors (Lipinski definition) is 3. The van der Waals surface area contributed by atoms with Gasteiger partial charge in [0, 0.05) is 23.5 Å². The predicted octanol–water partition coefficient (Wildman–Crippen LogP) is 3.54. The van der Waals surface area contributed by atoms with Crippen molar-refractivity contribution in [1.82, 2.24) is 9.97 Å². The third kappa shape index (κ3) is 2.46. The number of carbonyl (C=O) groups is 1. The molecule has 0 spiro atoms. The van der Waals surface area contributed by atoms with Crippen molar-refractivity contribution in [3.8, 4) is 0 Å². The minimum Gasteiger partial charge on any atom is -0.320 e. The fraction of sp³-hybridized carbons (Fsp3) is 0. The van der Waals surface area contributed by atoms with Gasteiger partial charge in [-0.25, -0.2) is 4.98 Å². The minimum atomic E-state index is -0.274. The molecule has 0 bridgehead atoms. The summed E-state index contributed by atoms with van der Waals surface area (Å²) in [7, 11) is 0. The van der Waals surface area contributed by atoms with E-state index >= 15 is 0 Å². The van der Waals surface area contributed by atoms with Crippen LogP contribution in [0.25, 0.3) is 10.8 Å². The molecule has 20 heavy (non-hydrogen) atoms. The molecule has 1 aromatic carbocycles. The van der Waals surface area contributed by atoms with Crippen LogP contribution in [0.2, 0.25) is 5.15 Å². The summed E-state index contributed by atoms with van der Waals surface area (Å²) in [5, 5.41) is 4.88. The number of nitrogens with zero attached hydrogens (tertiary/aromatic N) is 2. The fourth-order valence-corrected chi connectivity index (χ4v) is 2.14. The number of rotatable bonds is 2. The summed E-state index contributed by atoms with van der Waals surface area (Å²) >= 11 is 5.79. The quantitative estimate of drug-likeness (QED) is 0.732. The van der Waals surface area contributed by atoms with E-state index in [1.807, 2.05) is 30.3 Å². The van der Waals surface area contributed by atoms with Crippen LogP contribution >= 0.6 is 11.6 Å². The van der Waals surface area contributed by atoms with Gasteiger partial charge >= 0.3 is 0 Å². The van der Waals surface area contributed by atoms with Gasteiger partial charge in [0.2, 0.25) is 0 Å². The summed E-state index contributed by atoms with van der Waals surface area (Å²) < 4.78 is 0. The maximum Gasteiger partial charge on any atom is 0.274 e. The lowest BCUT2D eigenvalue weighted by Crippen LogP contribution is -2.14. The van der Waals surface area contributed by atoms with Crippen molar-refractivity contribution >= 4 is 34.0 Å². The number of fused-ring (bicyclic) bond motifs is 1. The maximum absolute atomic E-state index is 12.3. The van der Waals surface area contributed by atoms with Gasteiger partial charge in [0.05, 0.1) is 0 Å². The van der Waals surface area contributed by atoms with E-state index in [-0.39, 0.29) is 5.91 Å². The molecular weight excluding hydrogens is 274 g/mol.